The molecule has 1 aromatic rings. The Morgan fingerprint density at radius 2 is 1.89 bits per heavy atom. The topological polar surface area (TPSA) is 29.5 Å². The Hall–Kier alpha value is -1.02. The van der Waals surface area contributed by atoms with Crippen LogP contribution < -0.4 is 4.74 Å². The fraction of sp³-hybridized carbons (Fsp3) is 0.625. The number of hydrogen-bond donors (Lipinski definition) is 1. The van der Waals surface area contributed by atoms with Gasteiger partial charge in [0.1, 0.15) is 11.9 Å². The Morgan fingerprint density at radius 1 is 1.17 bits per heavy atom. The van der Waals surface area contributed by atoms with Crippen molar-refractivity contribution in [2.45, 2.75) is 64.1 Å². The van der Waals surface area contributed by atoms with Crippen molar-refractivity contribution in [2.75, 3.05) is 0 Å². The summed E-state index contributed by atoms with van der Waals surface area (Å²) in [6.45, 7) is 2.21. The second-order valence-electron chi connectivity index (χ2n) is 5.26. The lowest BCUT2D eigenvalue weighted by atomic mass is 9.95. The normalized spacial score (nSPS) is 23.9. The largest absolute Gasteiger partial charge is 0.488 e. The number of aryl methyl sites for hydroxylation is 1. The fourth-order valence-corrected chi connectivity index (χ4v) is 2.51. The first kappa shape index (κ1) is 13.4. The Labute approximate surface area is 110 Å². The Balaban J connectivity index is 1.89. The van der Waals surface area contributed by atoms with Crippen LogP contribution >= 0.6 is 0 Å². The van der Waals surface area contributed by atoms with E-state index in [9.17, 15) is 5.11 Å². The van der Waals surface area contributed by atoms with Crippen molar-refractivity contribution in [3.63, 3.8) is 0 Å². The molecule has 2 nitrogen and oxygen atoms in total. The van der Waals surface area contributed by atoms with Crippen LogP contribution in [0.1, 0.15) is 51.0 Å². The van der Waals surface area contributed by atoms with Gasteiger partial charge in [-0.1, -0.05) is 31.9 Å². The molecule has 2 rings (SSSR count). The molecule has 0 bridgehead atoms. The first-order valence-electron chi connectivity index (χ1n) is 7.23. The molecule has 0 aliphatic heterocycles. The van der Waals surface area contributed by atoms with Crippen LogP contribution in [0.3, 0.4) is 0 Å². The molecule has 0 amide bonds. The molecule has 18 heavy (non-hydrogen) atoms. The molecule has 1 aromatic carbocycles. The van der Waals surface area contributed by atoms with Crippen LogP contribution in [0.4, 0.5) is 0 Å². The minimum absolute atomic E-state index is 0.0137. The SMILES string of the molecule is CCCCc1ccc(O[C@H]2CCCC[C@@H]2O)cc1. The van der Waals surface area contributed by atoms with Gasteiger partial charge in [0, 0.05) is 0 Å². The first-order valence-corrected chi connectivity index (χ1v) is 7.23. The number of rotatable bonds is 5. The van der Waals surface area contributed by atoms with Gasteiger partial charge in [-0.15, -0.1) is 0 Å². The Morgan fingerprint density at radius 3 is 2.56 bits per heavy atom. The minimum Gasteiger partial charge on any atom is -0.488 e. The molecular weight excluding hydrogens is 224 g/mol. The predicted molar refractivity (Wildman–Crippen MR) is 73.9 cm³/mol. The number of ether oxygens (including phenoxy) is 1. The molecule has 2 atom stereocenters. The van der Waals surface area contributed by atoms with Gasteiger partial charge < -0.3 is 9.84 Å². The molecule has 0 aromatic heterocycles. The van der Waals surface area contributed by atoms with Crippen molar-refractivity contribution >= 4 is 0 Å². The highest BCUT2D eigenvalue weighted by molar-refractivity contribution is 5.27. The summed E-state index contributed by atoms with van der Waals surface area (Å²) in [4.78, 5) is 0. The molecule has 1 saturated carbocycles. The van der Waals surface area contributed by atoms with Crippen molar-refractivity contribution in [3.8, 4) is 5.75 Å². The molecule has 0 spiro atoms. The maximum atomic E-state index is 9.88. The smallest absolute Gasteiger partial charge is 0.124 e. The Bertz CT molecular complexity index is 345. The van der Waals surface area contributed by atoms with E-state index in [0.717, 1.165) is 37.9 Å². The van der Waals surface area contributed by atoms with Gasteiger partial charge in [0.05, 0.1) is 6.10 Å². The second-order valence-corrected chi connectivity index (χ2v) is 5.26. The summed E-state index contributed by atoms with van der Waals surface area (Å²) < 4.78 is 5.88. The maximum Gasteiger partial charge on any atom is 0.124 e. The summed E-state index contributed by atoms with van der Waals surface area (Å²) in [7, 11) is 0. The number of hydrogen-bond acceptors (Lipinski definition) is 2. The number of aliphatic hydroxyl groups is 1. The maximum absolute atomic E-state index is 9.88. The van der Waals surface area contributed by atoms with Gasteiger partial charge in [0.2, 0.25) is 0 Å². The van der Waals surface area contributed by atoms with Crippen LogP contribution in [0.25, 0.3) is 0 Å². The molecule has 1 aliphatic carbocycles. The molecule has 1 N–H and O–H groups in total. The summed E-state index contributed by atoms with van der Waals surface area (Å²) in [5, 5.41) is 9.88. The van der Waals surface area contributed by atoms with Crippen LogP contribution in [-0.4, -0.2) is 17.3 Å². The summed E-state index contributed by atoms with van der Waals surface area (Å²) in [5.41, 5.74) is 1.37. The van der Waals surface area contributed by atoms with Gasteiger partial charge in [-0.05, 0) is 49.8 Å². The highest BCUT2D eigenvalue weighted by atomic mass is 16.5. The summed E-state index contributed by atoms with van der Waals surface area (Å²) in [6, 6.07) is 8.35. The van der Waals surface area contributed by atoms with Crippen molar-refractivity contribution in [1.82, 2.24) is 0 Å². The third-order valence-corrected chi connectivity index (χ3v) is 3.70. The van der Waals surface area contributed by atoms with E-state index in [1.165, 1.54) is 18.4 Å². The molecule has 0 saturated heterocycles. The third-order valence-electron chi connectivity index (χ3n) is 3.70. The van der Waals surface area contributed by atoms with Crippen LogP contribution in [-0.2, 0) is 6.42 Å². The van der Waals surface area contributed by atoms with E-state index in [1.54, 1.807) is 0 Å². The molecule has 100 valence electrons. The van der Waals surface area contributed by atoms with E-state index in [0.29, 0.717) is 0 Å². The first-order chi connectivity index (χ1) is 8.79. The average Bonchev–Trinajstić information content (AvgIpc) is 2.41. The predicted octanol–water partition coefficient (Wildman–Crippen LogP) is 3.71. The van der Waals surface area contributed by atoms with Crippen molar-refractivity contribution in [2.24, 2.45) is 0 Å². The highest BCUT2D eigenvalue weighted by Gasteiger charge is 2.24. The van der Waals surface area contributed by atoms with Crippen molar-refractivity contribution in [1.29, 1.82) is 0 Å². The van der Waals surface area contributed by atoms with Gasteiger partial charge in [-0.25, -0.2) is 0 Å². The number of benzene rings is 1. The van der Waals surface area contributed by atoms with E-state index in [4.69, 9.17) is 4.74 Å². The van der Waals surface area contributed by atoms with E-state index in [1.807, 2.05) is 12.1 Å². The van der Waals surface area contributed by atoms with E-state index in [-0.39, 0.29) is 12.2 Å². The molecule has 1 fully saturated rings. The third kappa shape index (κ3) is 3.74. The molecule has 0 unspecified atom stereocenters. The molecule has 1 aliphatic rings. The van der Waals surface area contributed by atoms with Crippen molar-refractivity contribution in [3.05, 3.63) is 29.8 Å². The van der Waals surface area contributed by atoms with Crippen LogP contribution in [0, 0.1) is 0 Å². The number of unbranched alkanes of at least 4 members (excludes halogenated alkanes) is 1. The Kier molecular flexibility index (Phi) is 5.06. The quantitative estimate of drug-likeness (QED) is 0.860. The van der Waals surface area contributed by atoms with Crippen LogP contribution in [0.5, 0.6) is 5.75 Å². The average molecular weight is 248 g/mol. The van der Waals surface area contributed by atoms with Gasteiger partial charge in [0.25, 0.3) is 0 Å². The summed E-state index contributed by atoms with van der Waals surface area (Å²) in [5.74, 6) is 0.890. The van der Waals surface area contributed by atoms with Gasteiger partial charge in [-0.3, -0.25) is 0 Å². The van der Waals surface area contributed by atoms with E-state index in [2.05, 4.69) is 19.1 Å². The van der Waals surface area contributed by atoms with Crippen LogP contribution in [0.15, 0.2) is 24.3 Å². The lowest BCUT2D eigenvalue weighted by molar-refractivity contribution is 0.00687. The van der Waals surface area contributed by atoms with Crippen LogP contribution in [0.2, 0.25) is 0 Å². The number of aliphatic hydroxyl groups excluding tert-OH is 1. The standard InChI is InChI=1S/C16H24O2/c1-2-3-6-13-9-11-14(12-10-13)18-16-8-5-4-7-15(16)17/h9-12,15-17H,2-8H2,1H3/t15-,16-/m0/s1. The lowest BCUT2D eigenvalue weighted by Crippen LogP contribution is -2.34. The fourth-order valence-electron chi connectivity index (χ4n) is 2.51. The van der Waals surface area contributed by atoms with Gasteiger partial charge in [-0.2, -0.15) is 0 Å². The summed E-state index contributed by atoms with van der Waals surface area (Å²) in [6.07, 6.45) is 7.43. The monoisotopic (exact) mass is 248 g/mol. The summed E-state index contributed by atoms with van der Waals surface area (Å²) >= 11 is 0. The highest BCUT2D eigenvalue weighted by Crippen LogP contribution is 2.24. The zero-order chi connectivity index (χ0) is 12.8. The molecule has 0 radical (unpaired) electrons. The minimum atomic E-state index is -0.293. The lowest BCUT2D eigenvalue weighted by Gasteiger charge is -2.28. The zero-order valence-electron chi connectivity index (χ0n) is 11.3. The zero-order valence-corrected chi connectivity index (χ0v) is 11.3. The van der Waals surface area contributed by atoms with Gasteiger partial charge >= 0.3 is 0 Å². The second kappa shape index (κ2) is 6.79. The van der Waals surface area contributed by atoms with Crippen molar-refractivity contribution < 1.29 is 9.84 Å². The van der Waals surface area contributed by atoms with E-state index >= 15 is 0 Å². The van der Waals surface area contributed by atoms with E-state index < -0.39 is 0 Å². The molecular formula is C16H24O2. The molecule has 0 heterocycles. The van der Waals surface area contributed by atoms with Gasteiger partial charge in [0.15, 0.2) is 0 Å². The molecule has 2 heteroatoms.